The molecule has 0 bridgehead atoms. The Morgan fingerprint density at radius 2 is 2.25 bits per heavy atom. The molecule has 2 N–H and O–H groups in total. The second-order valence-corrected chi connectivity index (χ2v) is 3.53. The van der Waals surface area contributed by atoms with E-state index in [1.54, 1.807) is 0 Å². The molecule has 0 aliphatic rings. The lowest BCUT2D eigenvalue weighted by Gasteiger charge is -2.10. The van der Waals surface area contributed by atoms with Crippen molar-refractivity contribution in [2.24, 2.45) is 5.92 Å². The molecule has 0 saturated carbocycles. The molecule has 1 unspecified atom stereocenters. The Balaban J connectivity index is 3.13. The standard InChI is InChI=1S/C10H21NO/c1-9(2)4-6-11-8-10(3)5-7-12/h10-12H,1,4-8H2,2-3H3. The van der Waals surface area contributed by atoms with Gasteiger partial charge in [-0.3, -0.25) is 0 Å². The van der Waals surface area contributed by atoms with Crippen LogP contribution in [0.4, 0.5) is 0 Å². The summed E-state index contributed by atoms with van der Waals surface area (Å²) in [5, 5.41) is 12.0. The fourth-order valence-electron chi connectivity index (χ4n) is 0.973. The van der Waals surface area contributed by atoms with E-state index in [9.17, 15) is 0 Å². The zero-order valence-electron chi connectivity index (χ0n) is 8.27. The van der Waals surface area contributed by atoms with Crippen LogP contribution in [0.2, 0.25) is 0 Å². The lowest BCUT2D eigenvalue weighted by Crippen LogP contribution is -2.22. The average molecular weight is 171 g/mol. The van der Waals surface area contributed by atoms with Gasteiger partial charge in [0.15, 0.2) is 0 Å². The number of nitrogens with one attached hydrogen (secondary N) is 1. The monoisotopic (exact) mass is 171 g/mol. The summed E-state index contributed by atoms with van der Waals surface area (Å²) >= 11 is 0. The predicted molar refractivity (Wildman–Crippen MR) is 53.2 cm³/mol. The van der Waals surface area contributed by atoms with Gasteiger partial charge in [-0.25, -0.2) is 0 Å². The molecule has 0 aliphatic carbocycles. The summed E-state index contributed by atoms with van der Waals surface area (Å²) in [6, 6.07) is 0. The van der Waals surface area contributed by atoms with E-state index in [4.69, 9.17) is 5.11 Å². The summed E-state index contributed by atoms with van der Waals surface area (Å²) in [4.78, 5) is 0. The van der Waals surface area contributed by atoms with Crippen LogP contribution in [0.1, 0.15) is 26.7 Å². The van der Waals surface area contributed by atoms with Gasteiger partial charge >= 0.3 is 0 Å². The van der Waals surface area contributed by atoms with Crippen molar-refractivity contribution in [2.45, 2.75) is 26.7 Å². The molecule has 0 amide bonds. The van der Waals surface area contributed by atoms with Crippen LogP contribution in [0, 0.1) is 5.92 Å². The fraction of sp³-hybridized carbons (Fsp3) is 0.800. The lowest BCUT2D eigenvalue weighted by molar-refractivity contribution is 0.260. The average Bonchev–Trinajstić information content (AvgIpc) is 1.98. The van der Waals surface area contributed by atoms with Crippen LogP contribution in [0.25, 0.3) is 0 Å². The van der Waals surface area contributed by atoms with E-state index in [0.29, 0.717) is 12.5 Å². The summed E-state index contributed by atoms with van der Waals surface area (Å²) in [5.41, 5.74) is 1.22. The fourth-order valence-corrected chi connectivity index (χ4v) is 0.973. The highest BCUT2D eigenvalue weighted by molar-refractivity contribution is 4.88. The number of rotatable bonds is 7. The van der Waals surface area contributed by atoms with E-state index in [2.05, 4.69) is 18.8 Å². The molecule has 0 rings (SSSR count). The van der Waals surface area contributed by atoms with E-state index in [1.165, 1.54) is 5.57 Å². The van der Waals surface area contributed by atoms with E-state index in [-0.39, 0.29) is 0 Å². The highest BCUT2D eigenvalue weighted by atomic mass is 16.3. The minimum Gasteiger partial charge on any atom is -0.396 e. The Labute approximate surface area is 75.7 Å². The first-order chi connectivity index (χ1) is 5.66. The quantitative estimate of drug-likeness (QED) is 0.450. The molecule has 2 nitrogen and oxygen atoms in total. The van der Waals surface area contributed by atoms with Crippen LogP contribution < -0.4 is 5.32 Å². The first kappa shape index (κ1) is 11.7. The highest BCUT2D eigenvalue weighted by Gasteiger charge is 1.99. The van der Waals surface area contributed by atoms with Gasteiger partial charge in [-0.1, -0.05) is 12.5 Å². The molecule has 0 radical (unpaired) electrons. The minimum absolute atomic E-state index is 0.295. The van der Waals surface area contributed by atoms with Gasteiger partial charge in [0.2, 0.25) is 0 Å². The number of hydrogen-bond donors (Lipinski definition) is 2. The highest BCUT2D eigenvalue weighted by Crippen LogP contribution is 1.98. The van der Waals surface area contributed by atoms with Crippen molar-refractivity contribution in [3.63, 3.8) is 0 Å². The maximum Gasteiger partial charge on any atom is 0.0434 e. The third-order valence-electron chi connectivity index (χ3n) is 1.84. The van der Waals surface area contributed by atoms with Gasteiger partial charge in [-0.15, -0.1) is 6.58 Å². The molecule has 0 heterocycles. The van der Waals surface area contributed by atoms with Gasteiger partial charge in [0.1, 0.15) is 0 Å². The Morgan fingerprint density at radius 1 is 1.58 bits per heavy atom. The SMILES string of the molecule is C=C(C)CCNCC(C)CCO. The second kappa shape index (κ2) is 7.32. The number of hydrogen-bond acceptors (Lipinski definition) is 2. The van der Waals surface area contributed by atoms with Crippen molar-refractivity contribution in [2.75, 3.05) is 19.7 Å². The molecule has 0 fully saturated rings. The topological polar surface area (TPSA) is 32.3 Å². The van der Waals surface area contributed by atoms with Crippen LogP contribution in [0.3, 0.4) is 0 Å². The maximum atomic E-state index is 8.64. The first-order valence-electron chi connectivity index (χ1n) is 4.62. The van der Waals surface area contributed by atoms with Gasteiger partial charge in [0.25, 0.3) is 0 Å². The molecule has 12 heavy (non-hydrogen) atoms. The molecule has 0 saturated heterocycles. The zero-order chi connectivity index (χ0) is 9.40. The molecule has 0 aromatic heterocycles. The zero-order valence-corrected chi connectivity index (χ0v) is 8.27. The molecular weight excluding hydrogens is 150 g/mol. The molecule has 0 aromatic rings. The summed E-state index contributed by atoms with van der Waals surface area (Å²) in [6.45, 7) is 10.3. The minimum atomic E-state index is 0.295. The number of aliphatic hydroxyl groups is 1. The van der Waals surface area contributed by atoms with Crippen LogP contribution in [-0.2, 0) is 0 Å². The summed E-state index contributed by atoms with van der Waals surface area (Å²) in [6.07, 6.45) is 1.94. The molecule has 1 atom stereocenters. The Morgan fingerprint density at radius 3 is 2.75 bits per heavy atom. The third kappa shape index (κ3) is 7.76. The van der Waals surface area contributed by atoms with E-state index in [0.717, 1.165) is 25.9 Å². The molecule has 72 valence electrons. The molecule has 0 aromatic carbocycles. The van der Waals surface area contributed by atoms with Crippen molar-refractivity contribution in [1.82, 2.24) is 5.32 Å². The first-order valence-corrected chi connectivity index (χ1v) is 4.62. The van der Waals surface area contributed by atoms with Gasteiger partial charge in [-0.2, -0.15) is 0 Å². The molecule has 0 spiro atoms. The Kier molecular flexibility index (Phi) is 7.11. The Hall–Kier alpha value is -0.340. The van der Waals surface area contributed by atoms with Crippen LogP contribution >= 0.6 is 0 Å². The van der Waals surface area contributed by atoms with Crippen LogP contribution in [-0.4, -0.2) is 24.8 Å². The normalized spacial score (nSPS) is 12.9. The van der Waals surface area contributed by atoms with Crippen LogP contribution in [0.5, 0.6) is 0 Å². The second-order valence-electron chi connectivity index (χ2n) is 3.53. The Bertz CT molecular complexity index is 123. The van der Waals surface area contributed by atoms with Gasteiger partial charge in [-0.05, 0) is 38.8 Å². The van der Waals surface area contributed by atoms with Gasteiger partial charge in [0, 0.05) is 6.61 Å². The molecule has 0 aliphatic heterocycles. The summed E-state index contributed by atoms with van der Waals surface area (Å²) < 4.78 is 0. The van der Waals surface area contributed by atoms with Crippen molar-refractivity contribution in [3.05, 3.63) is 12.2 Å². The van der Waals surface area contributed by atoms with E-state index >= 15 is 0 Å². The van der Waals surface area contributed by atoms with Gasteiger partial charge in [0.05, 0.1) is 0 Å². The summed E-state index contributed by atoms with van der Waals surface area (Å²) in [7, 11) is 0. The van der Waals surface area contributed by atoms with Crippen LogP contribution in [0.15, 0.2) is 12.2 Å². The molecule has 2 heteroatoms. The number of aliphatic hydroxyl groups excluding tert-OH is 1. The van der Waals surface area contributed by atoms with E-state index in [1.807, 2.05) is 6.92 Å². The van der Waals surface area contributed by atoms with Gasteiger partial charge < -0.3 is 10.4 Å². The third-order valence-corrected chi connectivity index (χ3v) is 1.84. The van der Waals surface area contributed by atoms with E-state index < -0.39 is 0 Å². The van der Waals surface area contributed by atoms with Crippen molar-refractivity contribution < 1.29 is 5.11 Å². The lowest BCUT2D eigenvalue weighted by atomic mass is 10.1. The largest absolute Gasteiger partial charge is 0.396 e. The van der Waals surface area contributed by atoms with Crippen molar-refractivity contribution in [3.8, 4) is 0 Å². The van der Waals surface area contributed by atoms with Crippen molar-refractivity contribution >= 4 is 0 Å². The molecular formula is C10H21NO. The predicted octanol–water partition coefficient (Wildman–Crippen LogP) is 1.56. The smallest absolute Gasteiger partial charge is 0.0434 e. The summed E-state index contributed by atoms with van der Waals surface area (Å²) in [5.74, 6) is 0.570. The van der Waals surface area contributed by atoms with Crippen molar-refractivity contribution in [1.29, 1.82) is 0 Å². The maximum absolute atomic E-state index is 8.64.